The number of rotatable bonds is 11. The van der Waals surface area contributed by atoms with Gasteiger partial charge >= 0.3 is 5.97 Å². The number of aliphatic carboxylic acids is 1. The molecule has 5 nitrogen and oxygen atoms in total. The summed E-state index contributed by atoms with van der Waals surface area (Å²) in [4.78, 5) is 11.0. The van der Waals surface area contributed by atoms with Gasteiger partial charge in [-0.3, -0.25) is 0 Å². The minimum Gasteiger partial charge on any atom is -0.493 e. The van der Waals surface area contributed by atoms with E-state index in [1.54, 1.807) is 0 Å². The molecule has 1 N–H and O–H groups in total. The monoisotopic (exact) mass is 484 g/mol. The van der Waals surface area contributed by atoms with Crippen molar-refractivity contribution >= 4 is 21.9 Å². The summed E-state index contributed by atoms with van der Waals surface area (Å²) in [5, 5.41) is 9.05. The van der Waals surface area contributed by atoms with Crippen molar-refractivity contribution in [2.24, 2.45) is 0 Å². The summed E-state index contributed by atoms with van der Waals surface area (Å²) in [5.74, 6) is 0.606. The van der Waals surface area contributed by atoms with Crippen molar-refractivity contribution in [3.8, 4) is 22.6 Å². The average molecular weight is 485 g/mol. The van der Waals surface area contributed by atoms with Gasteiger partial charge < -0.3 is 19.3 Å². The van der Waals surface area contributed by atoms with Crippen LogP contribution in [0.25, 0.3) is 11.1 Å². The molecule has 0 aromatic heterocycles. The molecule has 162 valence electrons. The van der Waals surface area contributed by atoms with Crippen LogP contribution in [0.1, 0.15) is 12.0 Å². The molecule has 31 heavy (non-hydrogen) atoms. The number of carboxylic acids is 1. The molecule has 0 fully saturated rings. The van der Waals surface area contributed by atoms with Gasteiger partial charge in [0.25, 0.3) is 0 Å². The maximum Gasteiger partial charge on any atom is 0.333 e. The molecule has 0 spiro atoms. The zero-order valence-electron chi connectivity index (χ0n) is 17.3. The van der Waals surface area contributed by atoms with Gasteiger partial charge in [0, 0.05) is 24.4 Å². The van der Waals surface area contributed by atoms with E-state index < -0.39 is 12.1 Å². The van der Waals surface area contributed by atoms with Crippen LogP contribution in [0.5, 0.6) is 11.5 Å². The molecule has 0 amide bonds. The van der Waals surface area contributed by atoms with Gasteiger partial charge in [0.15, 0.2) is 6.10 Å². The van der Waals surface area contributed by atoms with Gasteiger partial charge in [0.1, 0.15) is 11.5 Å². The molecule has 3 aromatic carbocycles. The molecule has 3 aromatic rings. The van der Waals surface area contributed by atoms with E-state index >= 15 is 0 Å². The summed E-state index contributed by atoms with van der Waals surface area (Å²) in [6.45, 7) is 1.09. The van der Waals surface area contributed by atoms with Crippen LogP contribution < -0.4 is 9.47 Å². The van der Waals surface area contributed by atoms with E-state index in [0.717, 1.165) is 39.1 Å². The molecular weight excluding hydrogens is 460 g/mol. The Morgan fingerprint density at radius 1 is 0.839 bits per heavy atom. The molecule has 0 aliphatic carbocycles. The number of benzene rings is 3. The van der Waals surface area contributed by atoms with Crippen LogP contribution in [0, 0.1) is 0 Å². The van der Waals surface area contributed by atoms with Gasteiger partial charge in [0.05, 0.1) is 13.2 Å². The maximum atomic E-state index is 11.0. The summed E-state index contributed by atoms with van der Waals surface area (Å²) >= 11 is 3.45. The van der Waals surface area contributed by atoms with E-state index in [2.05, 4.69) is 40.2 Å². The largest absolute Gasteiger partial charge is 0.493 e. The van der Waals surface area contributed by atoms with E-state index in [9.17, 15) is 4.79 Å². The lowest BCUT2D eigenvalue weighted by Crippen LogP contribution is -2.24. The standard InChI is InChI=1S/C25H25BrO5/c1-29-24(25(27)28)17-18-3-11-22(12-4-18)30-15-2-16-31-23-13-7-20(8-14-23)19-5-9-21(26)10-6-19/h3-14,24H,2,15-17H2,1H3,(H,27,28)/t24-/m0/s1. The topological polar surface area (TPSA) is 65.0 Å². The molecule has 0 aliphatic heterocycles. The second-order valence-electron chi connectivity index (χ2n) is 6.99. The first kappa shape index (κ1) is 22.8. The maximum absolute atomic E-state index is 11.0. The van der Waals surface area contributed by atoms with E-state index in [4.69, 9.17) is 19.3 Å². The fraction of sp³-hybridized carbons (Fsp3) is 0.240. The first-order chi connectivity index (χ1) is 15.0. The van der Waals surface area contributed by atoms with Gasteiger partial charge in [-0.15, -0.1) is 0 Å². The Morgan fingerprint density at radius 2 is 1.32 bits per heavy atom. The molecule has 0 unspecified atom stereocenters. The Bertz CT molecular complexity index is 953. The predicted molar refractivity (Wildman–Crippen MR) is 124 cm³/mol. The molecule has 0 saturated carbocycles. The highest BCUT2D eigenvalue weighted by Gasteiger charge is 2.16. The fourth-order valence-corrected chi connectivity index (χ4v) is 3.30. The lowest BCUT2D eigenvalue weighted by atomic mass is 10.1. The number of carbonyl (C=O) groups is 1. The highest BCUT2D eigenvalue weighted by molar-refractivity contribution is 9.10. The van der Waals surface area contributed by atoms with E-state index in [1.165, 1.54) is 7.11 Å². The lowest BCUT2D eigenvalue weighted by molar-refractivity contribution is -0.148. The van der Waals surface area contributed by atoms with E-state index in [0.29, 0.717) is 19.6 Å². The Hall–Kier alpha value is -2.83. The molecule has 0 saturated heterocycles. The molecule has 0 radical (unpaired) electrons. The quantitative estimate of drug-likeness (QED) is 0.358. The lowest BCUT2D eigenvalue weighted by Gasteiger charge is -2.11. The molecule has 0 aliphatic rings. The van der Waals surface area contributed by atoms with Crippen LogP contribution in [-0.4, -0.2) is 37.5 Å². The second kappa shape index (κ2) is 11.5. The van der Waals surface area contributed by atoms with Crippen LogP contribution >= 0.6 is 15.9 Å². The summed E-state index contributed by atoms with van der Waals surface area (Å²) in [7, 11) is 1.40. The van der Waals surface area contributed by atoms with Crippen LogP contribution in [-0.2, 0) is 16.0 Å². The van der Waals surface area contributed by atoms with Crippen molar-refractivity contribution < 1.29 is 24.1 Å². The van der Waals surface area contributed by atoms with E-state index in [-0.39, 0.29) is 0 Å². The van der Waals surface area contributed by atoms with Crippen LogP contribution in [0.2, 0.25) is 0 Å². The third-order valence-electron chi connectivity index (χ3n) is 4.76. The summed E-state index contributed by atoms with van der Waals surface area (Å²) in [6, 6.07) is 23.6. The highest BCUT2D eigenvalue weighted by Crippen LogP contribution is 2.24. The van der Waals surface area contributed by atoms with Crippen molar-refractivity contribution in [3.05, 3.63) is 82.8 Å². The van der Waals surface area contributed by atoms with E-state index in [1.807, 2.05) is 48.5 Å². The minimum absolute atomic E-state index is 0.320. The highest BCUT2D eigenvalue weighted by atomic mass is 79.9. The first-order valence-corrected chi connectivity index (χ1v) is 10.8. The molecular formula is C25H25BrO5. The third-order valence-corrected chi connectivity index (χ3v) is 5.29. The van der Waals surface area contributed by atoms with Crippen molar-refractivity contribution in [1.82, 2.24) is 0 Å². The van der Waals surface area contributed by atoms with Gasteiger partial charge in [-0.05, 0) is 53.1 Å². The van der Waals surface area contributed by atoms with Gasteiger partial charge in [-0.2, -0.15) is 0 Å². The third kappa shape index (κ3) is 7.12. The first-order valence-electron chi connectivity index (χ1n) is 10.0. The van der Waals surface area contributed by atoms with Crippen LogP contribution in [0.4, 0.5) is 0 Å². The Morgan fingerprint density at radius 3 is 1.81 bits per heavy atom. The zero-order valence-corrected chi connectivity index (χ0v) is 18.9. The van der Waals surface area contributed by atoms with Crippen molar-refractivity contribution in [2.45, 2.75) is 18.9 Å². The van der Waals surface area contributed by atoms with Gasteiger partial charge in [0.2, 0.25) is 0 Å². The number of hydrogen-bond acceptors (Lipinski definition) is 4. The Labute approximate surface area is 190 Å². The Balaban J connectivity index is 1.38. The average Bonchev–Trinajstić information content (AvgIpc) is 2.79. The normalized spacial score (nSPS) is 11.7. The van der Waals surface area contributed by atoms with Crippen molar-refractivity contribution in [1.29, 1.82) is 0 Å². The van der Waals surface area contributed by atoms with Crippen molar-refractivity contribution in [3.63, 3.8) is 0 Å². The second-order valence-corrected chi connectivity index (χ2v) is 7.91. The fourth-order valence-electron chi connectivity index (χ4n) is 3.03. The molecule has 1 atom stereocenters. The molecule has 0 bridgehead atoms. The Kier molecular flexibility index (Phi) is 8.50. The SMILES string of the molecule is CO[C@@H](Cc1ccc(OCCCOc2ccc(-c3ccc(Br)cc3)cc2)cc1)C(=O)O. The van der Waals surface area contributed by atoms with Gasteiger partial charge in [-0.25, -0.2) is 4.79 Å². The van der Waals surface area contributed by atoms with Gasteiger partial charge in [-0.1, -0.05) is 52.3 Å². The number of hydrogen-bond donors (Lipinski definition) is 1. The summed E-state index contributed by atoms with van der Waals surface area (Å²) in [5.41, 5.74) is 3.19. The van der Waals surface area contributed by atoms with Crippen LogP contribution in [0.3, 0.4) is 0 Å². The van der Waals surface area contributed by atoms with Crippen LogP contribution in [0.15, 0.2) is 77.3 Å². The predicted octanol–water partition coefficient (Wildman–Crippen LogP) is 5.61. The number of halogens is 1. The molecule has 3 rings (SSSR count). The molecule has 6 heteroatoms. The zero-order chi connectivity index (χ0) is 22.1. The summed E-state index contributed by atoms with van der Waals surface area (Å²) < 4.78 is 17.6. The number of methoxy groups -OCH3 is 1. The van der Waals surface area contributed by atoms with Crippen molar-refractivity contribution in [2.75, 3.05) is 20.3 Å². The molecule has 0 heterocycles. The smallest absolute Gasteiger partial charge is 0.333 e. The number of ether oxygens (including phenoxy) is 3. The number of carboxylic acid groups (broad SMARTS) is 1. The minimum atomic E-state index is -0.967. The summed E-state index contributed by atoms with van der Waals surface area (Å²) in [6.07, 6.45) is 0.231.